The summed E-state index contributed by atoms with van der Waals surface area (Å²) in [7, 11) is 0. The third-order valence-electron chi connectivity index (χ3n) is 2.08. The molecule has 2 N–H and O–H groups in total. The van der Waals surface area contributed by atoms with Crippen LogP contribution < -0.4 is 5.32 Å². The van der Waals surface area contributed by atoms with Crippen LogP contribution in [0.4, 0.5) is 0 Å². The fraction of sp³-hybridized carbons (Fsp3) is 0.417. The molecule has 0 aliphatic rings. The van der Waals surface area contributed by atoms with E-state index in [0.29, 0.717) is 0 Å². The largest absolute Gasteiger partial charge is 0.451 e. The normalized spacial score (nSPS) is 9.56. The Morgan fingerprint density at radius 1 is 1.61 bits per heavy atom. The van der Waals surface area contributed by atoms with Gasteiger partial charge in [-0.25, -0.2) is 4.79 Å². The molecule has 0 aliphatic heterocycles. The Morgan fingerprint density at radius 2 is 2.39 bits per heavy atom. The second-order valence-electron chi connectivity index (χ2n) is 3.59. The molecule has 1 amide bonds. The number of aromatic amines is 1. The summed E-state index contributed by atoms with van der Waals surface area (Å²) in [6.45, 7) is 1.77. The lowest BCUT2D eigenvalue weighted by atomic mass is 10.2. The molecule has 0 radical (unpaired) electrons. The second kappa shape index (κ2) is 7.12. The van der Waals surface area contributed by atoms with Gasteiger partial charge >= 0.3 is 5.97 Å². The van der Waals surface area contributed by atoms with Crippen LogP contribution in [0.1, 0.15) is 29.5 Å². The molecule has 1 aromatic heterocycles. The Hall–Kier alpha value is -2.29. The highest BCUT2D eigenvalue weighted by Crippen LogP contribution is 2.03. The number of terminal acetylenes is 1. The first kappa shape index (κ1) is 13.8. The molecular weight excluding hydrogens is 234 g/mol. The Kier molecular flexibility index (Phi) is 5.45. The second-order valence-corrected chi connectivity index (χ2v) is 3.59. The number of esters is 1. The third kappa shape index (κ3) is 4.29. The highest BCUT2D eigenvalue weighted by Gasteiger charge is 2.13. The fourth-order valence-electron chi connectivity index (χ4n) is 1.27. The van der Waals surface area contributed by atoms with Gasteiger partial charge in [0, 0.05) is 5.69 Å². The first-order valence-electron chi connectivity index (χ1n) is 5.59. The molecule has 0 fully saturated rings. The van der Waals surface area contributed by atoms with Crippen LogP contribution in [0.5, 0.6) is 0 Å². The predicted octanol–water partition coefficient (Wildman–Crippen LogP) is 0.268. The lowest BCUT2D eigenvalue weighted by molar-refractivity contribution is -0.123. The maximum atomic E-state index is 11.5. The van der Waals surface area contributed by atoms with Gasteiger partial charge in [-0.3, -0.25) is 9.89 Å². The maximum Gasteiger partial charge on any atom is 0.359 e. The summed E-state index contributed by atoms with van der Waals surface area (Å²) in [5.41, 5.74) is 1.03. The molecule has 96 valence electrons. The molecule has 0 spiro atoms. The van der Waals surface area contributed by atoms with E-state index in [9.17, 15) is 9.59 Å². The maximum absolute atomic E-state index is 11.5. The Morgan fingerprint density at radius 3 is 3.06 bits per heavy atom. The fourth-order valence-corrected chi connectivity index (χ4v) is 1.27. The summed E-state index contributed by atoms with van der Waals surface area (Å²) in [6.07, 6.45) is 6.73. The van der Waals surface area contributed by atoms with Crippen molar-refractivity contribution in [1.29, 1.82) is 0 Å². The summed E-state index contributed by atoms with van der Waals surface area (Å²) in [6, 6.07) is 1.62. The van der Waals surface area contributed by atoms with Crippen LogP contribution in [0.2, 0.25) is 0 Å². The molecular formula is C12H15N3O3. The Bertz CT molecular complexity index is 459. The minimum Gasteiger partial charge on any atom is -0.451 e. The third-order valence-corrected chi connectivity index (χ3v) is 2.08. The van der Waals surface area contributed by atoms with Crippen molar-refractivity contribution in [3.8, 4) is 12.3 Å². The van der Waals surface area contributed by atoms with Crippen molar-refractivity contribution in [1.82, 2.24) is 15.5 Å². The highest BCUT2D eigenvalue weighted by molar-refractivity contribution is 5.89. The molecule has 1 aromatic rings. The molecule has 1 heterocycles. The average molecular weight is 249 g/mol. The first-order chi connectivity index (χ1) is 8.67. The number of rotatable bonds is 6. The number of hydrogen-bond donors (Lipinski definition) is 2. The van der Waals surface area contributed by atoms with E-state index in [1.807, 2.05) is 6.92 Å². The number of nitrogens with zero attached hydrogens (tertiary/aromatic N) is 1. The molecule has 6 heteroatoms. The van der Waals surface area contributed by atoms with Crippen molar-refractivity contribution < 1.29 is 14.3 Å². The van der Waals surface area contributed by atoms with Crippen molar-refractivity contribution in [3.05, 3.63) is 17.5 Å². The molecule has 0 bridgehead atoms. The summed E-state index contributed by atoms with van der Waals surface area (Å²) in [4.78, 5) is 22.6. The van der Waals surface area contributed by atoms with Crippen molar-refractivity contribution in [2.24, 2.45) is 0 Å². The number of amides is 1. The molecule has 18 heavy (non-hydrogen) atoms. The lowest BCUT2D eigenvalue weighted by Gasteiger charge is -2.02. The molecule has 0 atom stereocenters. The minimum atomic E-state index is -0.635. The van der Waals surface area contributed by atoms with Crippen molar-refractivity contribution in [2.75, 3.05) is 13.2 Å². The zero-order chi connectivity index (χ0) is 13.4. The van der Waals surface area contributed by atoms with Crippen LogP contribution in [0.25, 0.3) is 0 Å². The molecule has 0 aromatic carbocycles. The summed E-state index contributed by atoms with van der Waals surface area (Å²) in [5.74, 6) is 1.17. The van der Waals surface area contributed by atoms with Gasteiger partial charge < -0.3 is 10.1 Å². The van der Waals surface area contributed by atoms with Gasteiger partial charge in [-0.2, -0.15) is 5.10 Å². The van der Waals surface area contributed by atoms with Crippen LogP contribution in [0.3, 0.4) is 0 Å². The van der Waals surface area contributed by atoms with E-state index < -0.39 is 11.9 Å². The van der Waals surface area contributed by atoms with E-state index in [0.717, 1.165) is 18.5 Å². The minimum absolute atomic E-state index is 0.111. The first-order valence-corrected chi connectivity index (χ1v) is 5.59. The van der Waals surface area contributed by atoms with E-state index in [-0.39, 0.29) is 18.8 Å². The van der Waals surface area contributed by atoms with E-state index in [1.54, 1.807) is 6.07 Å². The molecule has 6 nitrogen and oxygen atoms in total. The SMILES string of the molecule is C#CCNC(=O)COC(=O)c1cc(CCC)[nH]n1. The quantitative estimate of drug-likeness (QED) is 0.560. The Balaban J connectivity index is 2.40. The summed E-state index contributed by atoms with van der Waals surface area (Å²) in [5, 5.41) is 8.93. The number of carbonyl (C=O) groups excluding carboxylic acids is 2. The monoisotopic (exact) mass is 249 g/mol. The number of H-pyrrole nitrogens is 1. The van der Waals surface area contributed by atoms with E-state index >= 15 is 0 Å². The Labute approximate surface area is 105 Å². The lowest BCUT2D eigenvalue weighted by Crippen LogP contribution is -2.29. The smallest absolute Gasteiger partial charge is 0.359 e. The number of carbonyl (C=O) groups is 2. The summed E-state index contributed by atoms with van der Waals surface area (Å²) >= 11 is 0. The van der Waals surface area contributed by atoms with E-state index in [2.05, 4.69) is 21.4 Å². The number of hydrogen-bond acceptors (Lipinski definition) is 4. The van der Waals surface area contributed by atoms with Crippen LogP contribution >= 0.6 is 0 Å². The van der Waals surface area contributed by atoms with Crippen molar-refractivity contribution in [3.63, 3.8) is 0 Å². The molecule has 0 aliphatic carbocycles. The van der Waals surface area contributed by atoms with Gasteiger partial charge in [-0.1, -0.05) is 19.3 Å². The van der Waals surface area contributed by atoms with Gasteiger partial charge in [-0.15, -0.1) is 6.42 Å². The number of aryl methyl sites for hydroxylation is 1. The molecule has 0 saturated carbocycles. The average Bonchev–Trinajstić information content (AvgIpc) is 2.82. The van der Waals surface area contributed by atoms with Crippen LogP contribution in [-0.4, -0.2) is 35.2 Å². The van der Waals surface area contributed by atoms with Gasteiger partial charge in [0.05, 0.1) is 6.54 Å². The topological polar surface area (TPSA) is 84.1 Å². The van der Waals surface area contributed by atoms with Gasteiger partial charge in [0.1, 0.15) is 0 Å². The molecule has 0 saturated heterocycles. The van der Waals surface area contributed by atoms with Crippen molar-refractivity contribution in [2.45, 2.75) is 19.8 Å². The summed E-state index contributed by atoms with van der Waals surface area (Å²) < 4.78 is 4.78. The van der Waals surface area contributed by atoms with Gasteiger partial charge in [0.2, 0.25) is 0 Å². The standard InChI is InChI=1S/C12H15N3O3/c1-3-5-9-7-10(15-14-9)12(17)18-8-11(16)13-6-4-2/h2,7H,3,5-6,8H2,1H3,(H,13,16)(H,14,15). The van der Waals surface area contributed by atoms with E-state index in [1.165, 1.54) is 0 Å². The predicted molar refractivity (Wildman–Crippen MR) is 64.7 cm³/mol. The van der Waals surface area contributed by atoms with E-state index in [4.69, 9.17) is 11.2 Å². The zero-order valence-electron chi connectivity index (χ0n) is 10.2. The van der Waals surface area contributed by atoms with Crippen molar-refractivity contribution >= 4 is 11.9 Å². The van der Waals surface area contributed by atoms with Crippen LogP contribution in [0, 0.1) is 12.3 Å². The number of aromatic nitrogens is 2. The van der Waals surface area contributed by atoms with Gasteiger partial charge in [0.25, 0.3) is 5.91 Å². The van der Waals surface area contributed by atoms with Crippen LogP contribution in [0.15, 0.2) is 6.07 Å². The highest BCUT2D eigenvalue weighted by atomic mass is 16.5. The number of nitrogens with one attached hydrogen (secondary N) is 2. The van der Waals surface area contributed by atoms with Gasteiger partial charge in [0.15, 0.2) is 12.3 Å². The van der Waals surface area contributed by atoms with Crippen LogP contribution in [-0.2, 0) is 16.0 Å². The number of ether oxygens (including phenoxy) is 1. The molecule has 1 rings (SSSR count). The molecule has 0 unspecified atom stereocenters. The van der Waals surface area contributed by atoms with Gasteiger partial charge in [-0.05, 0) is 12.5 Å². The zero-order valence-corrected chi connectivity index (χ0v) is 10.2.